The molecule has 0 saturated carbocycles. The van der Waals surface area contributed by atoms with Crippen LogP contribution in [0.3, 0.4) is 0 Å². The van der Waals surface area contributed by atoms with Gasteiger partial charge in [-0.15, -0.1) is 0 Å². The van der Waals surface area contributed by atoms with Crippen molar-refractivity contribution in [1.82, 2.24) is 0 Å². The largest absolute Gasteiger partial charge is 0.396 e. The first-order valence-corrected chi connectivity index (χ1v) is 6.53. The lowest BCUT2D eigenvalue weighted by Gasteiger charge is -2.30. The lowest BCUT2D eigenvalue weighted by Crippen LogP contribution is -2.35. The molecule has 94 valence electrons. The summed E-state index contributed by atoms with van der Waals surface area (Å²) in [6, 6.07) is 4.67. The highest BCUT2D eigenvalue weighted by Crippen LogP contribution is 2.39. The van der Waals surface area contributed by atoms with E-state index in [9.17, 15) is 9.50 Å². The van der Waals surface area contributed by atoms with Crippen LogP contribution < -0.4 is 0 Å². The van der Waals surface area contributed by atoms with Gasteiger partial charge in [0.1, 0.15) is 5.82 Å². The predicted molar refractivity (Wildman–Crippen MR) is 67.4 cm³/mol. The first kappa shape index (κ1) is 13.0. The molecule has 0 aromatic heterocycles. The minimum Gasteiger partial charge on any atom is -0.396 e. The van der Waals surface area contributed by atoms with Crippen molar-refractivity contribution in [2.45, 2.75) is 25.9 Å². The third-order valence-corrected chi connectivity index (χ3v) is 4.44. The van der Waals surface area contributed by atoms with Gasteiger partial charge in [-0.2, -0.15) is 0 Å². The Morgan fingerprint density at radius 2 is 2.35 bits per heavy atom. The molecule has 2 atom stereocenters. The predicted octanol–water partition coefficient (Wildman–Crippen LogP) is 2.92. The fraction of sp³-hybridized carbons (Fsp3) is 0.538. The Bertz CT molecular complexity index is 410. The van der Waals surface area contributed by atoms with Gasteiger partial charge in [0.2, 0.25) is 0 Å². The van der Waals surface area contributed by atoms with Crippen LogP contribution in [0, 0.1) is 11.2 Å². The van der Waals surface area contributed by atoms with Gasteiger partial charge in [-0.3, -0.25) is 0 Å². The van der Waals surface area contributed by atoms with Crippen molar-refractivity contribution in [2.24, 2.45) is 5.41 Å². The molecule has 2 nitrogen and oxygen atoms in total. The molecule has 0 amide bonds. The topological polar surface area (TPSA) is 29.5 Å². The van der Waals surface area contributed by atoms with Gasteiger partial charge in [-0.1, -0.05) is 22.0 Å². The lowest BCUT2D eigenvalue weighted by atomic mass is 9.77. The van der Waals surface area contributed by atoms with Crippen molar-refractivity contribution in [3.63, 3.8) is 0 Å². The fourth-order valence-corrected chi connectivity index (χ4v) is 2.85. The Balaban J connectivity index is 2.24. The molecular formula is C13H16BrFO2. The monoisotopic (exact) mass is 302 g/mol. The van der Waals surface area contributed by atoms with Crippen LogP contribution in [0.15, 0.2) is 22.7 Å². The van der Waals surface area contributed by atoms with Crippen molar-refractivity contribution in [3.05, 3.63) is 34.1 Å². The van der Waals surface area contributed by atoms with Crippen molar-refractivity contribution >= 4 is 15.9 Å². The van der Waals surface area contributed by atoms with Crippen molar-refractivity contribution in [2.75, 3.05) is 13.2 Å². The van der Waals surface area contributed by atoms with Crippen molar-refractivity contribution in [1.29, 1.82) is 0 Å². The third kappa shape index (κ3) is 2.54. The minimum absolute atomic E-state index is 0.0319. The van der Waals surface area contributed by atoms with E-state index >= 15 is 0 Å². The highest BCUT2D eigenvalue weighted by molar-refractivity contribution is 9.10. The Morgan fingerprint density at radius 3 is 2.88 bits per heavy atom. The number of hydrogen-bond acceptors (Lipinski definition) is 2. The van der Waals surface area contributed by atoms with Gasteiger partial charge in [-0.05, 0) is 37.5 Å². The van der Waals surface area contributed by atoms with E-state index in [4.69, 9.17) is 4.74 Å². The first-order chi connectivity index (χ1) is 8.07. The highest BCUT2D eigenvalue weighted by atomic mass is 79.9. The molecule has 1 aromatic carbocycles. The second kappa shape index (κ2) is 5.04. The number of benzene rings is 1. The van der Waals surface area contributed by atoms with E-state index in [2.05, 4.69) is 15.9 Å². The van der Waals surface area contributed by atoms with Crippen LogP contribution in [0.4, 0.5) is 4.39 Å². The van der Waals surface area contributed by atoms with Crippen LogP contribution in [-0.2, 0) is 11.2 Å². The summed E-state index contributed by atoms with van der Waals surface area (Å²) in [7, 11) is 0. The second-order valence-corrected chi connectivity index (χ2v) is 5.55. The maximum absolute atomic E-state index is 13.0. The van der Waals surface area contributed by atoms with Crippen LogP contribution in [-0.4, -0.2) is 24.4 Å². The van der Waals surface area contributed by atoms with Gasteiger partial charge in [0.15, 0.2) is 0 Å². The summed E-state index contributed by atoms with van der Waals surface area (Å²) in [5.41, 5.74) is 0.776. The zero-order chi connectivity index (χ0) is 12.5. The molecule has 4 heteroatoms. The van der Waals surface area contributed by atoms with Crippen molar-refractivity contribution in [3.8, 4) is 0 Å². The molecular weight excluding hydrogens is 287 g/mol. The van der Waals surface area contributed by atoms with E-state index in [1.807, 2.05) is 6.92 Å². The summed E-state index contributed by atoms with van der Waals surface area (Å²) >= 11 is 3.37. The molecule has 1 heterocycles. The van der Waals surface area contributed by atoms with Crippen LogP contribution in [0.2, 0.25) is 0 Å². The summed E-state index contributed by atoms with van der Waals surface area (Å²) in [5, 5.41) is 9.62. The van der Waals surface area contributed by atoms with E-state index < -0.39 is 0 Å². The standard InChI is InChI=1S/C13H16BrFO2/c1-9-13(8-16,4-5-17-9)7-10-2-3-11(15)6-12(10)14/h2-3,6,9,16H,4-5,7-8H2,1H3. The summed E-state index contributed by atoms with van der Waals surface area (Å²) in [5.74, 6) is -0.255. The van der Waals surface area contributed by atoms with E-state index in [0.717, 1.165) is 16.5 Å². The molecule has 1 saturated heterocycles. The van der Waals surface area contributed by atoms with Gasteiger partial charge in [-0.25, -0.2) is 4.39 Å². The molecule has 0 spiro atoms. The molecule has 2 unspecified atom stereocenters. The van der Waals surface area contributed by atoms with Gasteiger partial charge in [0.25, 0.3) is 0 Å². The van der Waals surface area contributed by atoms with Crippen LogP contribution >= 0.6 is 15.9 Å². The number of aliphatic hydroxyl groups excluding tert-OH is 1. The summed E-state index contributed by atoms with van der Waals surface area (Å²) in [6.07, 6.45) is 1.57. The van der Waals surface area contributed by atoms with E-state index in [-0.39, 0.29) is 23.9 Å². The second-order valence-electron chi connectivity index (χ2n) is 4.70. The maximum atomic E-state index is 13.0. The van der Waals surface area contributed by atoms with Crippen LogP contribution in [0.1, 0.15) is 18.9 Å². The summed E-state index contributed by atoms with van der Waals surface area (Å²) in [4.78, 5) is 0. The van der Waals surface area contributed by atoms with Gasteiger partial charge in [0, 0.05) is 16.5 Å². The third-order valence-electron chi connectivity index (χ3n) is 3.70. The number of hydrogen-bond donors (Lipinski definition) is 1. The molecule has 2 rings (SSSR count). The highest BCUT2D eigenvalue weighted by Gasteiger charge is 2.41. The minimum atomic E-state index is -0.255. The average Bonchev–Trinajstić information content (AvgIpc) is 2.65. The molecule has 1 fully saturated rings. The molecule has 0 radical (unpaired) electrons. The smallest absolute Gasteiger partial charge is 0.124 e. The van der Waals surface area contributed by atoms with E-state index in [1.165, 1.54) is 12.1 Å². The normalized spacial score (nSPS) is 28.6. The Labute approximate surface area is 109 Å². The average molecular weight is 303 g/mol. The van der Waals surface area contributed by atoms with E-state index in [1.54, 1.807) is 6.07 Å². The molecule has 1 N–H and O–H groups in total. The summed E-state index contributed by atoms with van der Waals surface area (Å²) in [6.45, 7) is 2.76. The van der Waals surface area contributed by atoms with Gasteiger partial charge in [0.05, 0.1) is 12.7 Å². The first-order valence-electron chi connectivity index (χ1n) is 5.74. The molecule has 1 aromatic rings. The number of aliphatic hydroxyl groups is 1. The van der Waals surface area contributed by atoms with Gasteiger partial charge >= 0.3 is 0 Å². The summed E-state index contributed by atoms with van der Waals surface area (Å²) < 4.78 is 19.3. The maximum Gasteiger partial charge on any atom is 0.124 e. The zero-order valence-electron chi connectivity index (χ0n) is 9.75. The quantitative estimate of drug-likeness (QED) is 0.930. The van der Waals surface area contributed by atoms with Crippen LogP contribution in [0.25, 0.3) is 0 Å². The number of rotatable bonds is 3. The number of ether oxygens (including phenoxy) is 1. The Hall–Kier alpha value is -0.450. The Morgan fingerprint density at radius 1 is 1.59 bits per heavy atom. The fourth-order valence-electron chi connectivity index (χ4n) is 2.36. The van der Waals surface area contributed by atoms with Gasteiger partial charge < -0.3 is 9.84 Å². The number of halogens is 2. The zero-order valence-corrected chi connectivity index (χ0v) is 11.3. The Kier molecular flexibility index (Phi) is 3.85. The lowest BCUT2D eigenvalue weighted by molar-refractivity contribution is 0.0271. The van der Waals surface area contributed by atoms with Crippen LogP contribution in [0.5, 0.6) is 0 Å². The van der Waals surface area contributed by atoms with E-state index in [0.29, 0.717) is 13.0 Å². The molecule has 17 heavy (non-hydrogen) atoms. The molecule has 1 aliphatic rings. The SMILES string of the molecule is CC1OCCC1(CO)Cc1ccc(F)cc1Br. The molecule has 0 bridgehead atoms. The van der Waals surface area contributed by atoms with Crippen molar-refractivity contribution < 1.29 is 14.2 Å². The molecule has 0 aliphatic carbocycles. The molecule has 1 aliphatic heterocycles.